The van der Waals surface area contributed by atoms with Crippen LogP contribution in [0.5, 0.6) is 0 Å². The highest BCUT2D eigenvalue weighted by Crippen LogP contribution is 2.14. The molecular weight excluding hydrogens is 217 g/mol. The second kappa shape index (κ2) is 4.45. The standard InChI is InChI=1S/C13H16FN3/c14-12-5-3-6-13-16-11(9-17(12)13)8-10-4-1-2-7-15-10/h3,5-6,9-10,15H,1-2,4,7-8H2/t10-/m0/s1. The number of halogens is 1. The lowest BCUT2D eigenvalue weighted by Crippen LogP contribution is -2.35. The third kappa shape index (κ3) is 2.17. The summed E-state index contributed by atoms with van der Waals surface area (Å²) in [6.07, 6.45) is 6.42. The van der Waals surface area contributed by atoms with Crippen LogP contribution in [-0.2, 0) is 6.42 Å². The highest BCUT2D eigenvalue weighted by atomic mass is 19.1. The van der Waals surface area contributed by atoms with E-state index >= 15 is 0 Å². The van der Waals surface area contributed by atoms with Gasteiger partial charge in [0, 0.05) is 18.7 Å². The van der Waals surface area contributed by atoms with Gasteiger partial charge in [0.25, 0.3) is 0 Å². The fraction of sp³-hybridized carbons (Fsp3) is 0.462. The Kier molecular flexibility index (Phi) is 2.81. The maximum Gasteiger partial charge on any atom is 0.199 e. The summed E-state index contributed by atoms with van der Waals surface area (Å²) in [6, 6.07) is 5.48. The number of aromatic nitrogens is 2. The molecular formula is C13H16FN3. The fourth-order valence-corrected chi connectivity index (χ4v) is 2.48. The molecule has 2 aromatic heterocycles. The lowest BCUT2D eigenvalue weighted by atomic mass is 10.0. The predicted molar refractivity (Wildman–Crippen MR) is 64.5 cm³/mol. The average Bonchev–Trinajstić information content (AvgIpc) is 2.74. The van der Waals surface area contributed by atoms with Crippen LogP contribution in [0.2, 0.25) is 0 Å². The van der Waals surface area contributed by atoms with E-state index in [1.807, 2.05) is 6.07 Å². The summed E-state index contributed by atoms with van der Waals surface area (Å²) < 4.78 is 15.0. The SMILES string of the molecule is Fc1cccc2nc(C[C@@H]3CCCCN3)cn12. The van der Waals surface area contributed by atoms with Crippen LogP contribution >= 0.6 is 0 Å². The quantitative estimate of drug-likeness (QED) is 0.805. The molecule has 0 aromatic carbocycles. The minimum atomic E-state index is -0.252. The Labute approximate surface area is 99.7 Å². The van der Waals surface area contributed by atoms with Crippen molar-refractivity contribution in [2.75, 3.05) is 6.54 Å². The third-order valence-corrected chi connectivity index (χ3v) is 3.36. The van der Waals surface area contributed by atoms with Crippen LogP contribution in [0.25, 0.3) is 5.65 Å². The number of fused-ring (bicyclic) bond motifs is 1. The molecule has 2 aromatic rings. The Morgan fingerprint density at radius 1 is 1.41 bits per heavy atom. The third-order valence-electron chi connectivity index (χ3n) is 3.36. The molecule has 3 rings (SSSR count). The van der Waals surface area contributed by atoms with Crippen LogP contribution in [0, 0.1) is 5.95 Å². The van der Waals surface area contributed by atoms with Crippen molar-refractivity contribution in [1.29, 1.82) is 0 Å². The Morgan fingerprint density at radius 2 is 2.35 bits per heavy atom. The van der Waals surface area contributed by atoms with Crippen LogP contribution < -0.4 is 5.32 Å². The van der Waals surface area contributed by atoms with E-state index in [4.69, 9.17) is 0 Å². The molecule has 1 saturated heterocycles. The van der Waals surface area contributed by atoms with Gasteiger partial charge < -0.3 is 5.32 Å². The van der Waals surface area contributed by atoms with Gasteiger partial charge >= 0.3 is 0 Å². The summed E-state index contributed by atoms with van der Waals surface area (Å²) in [5.41, 5.74) is 1.66. The van der Waals surface area contributed by atoms with Gasteiger partial charge in [-0.05, 0) is 31.5 Å². The first-order valence-electron chi connectivity index (χ1n) is 6.19. The van der Waals surface area contributed by atoms with Crippen molar-refractivity contribution < 1.29 is 4.39 Å². The van der Waals surface area contributed by atoms with E-state index in [2.05, 4.69) is 10.3 Å². The number of hydrogen-bond acceptors (Lipinski definition) is 2. The molecule has 17 heavy (non-hydrogen) atoms. The summed E-state index contributed by atoms with van der Waals surface area (Å²) in [5, 5.41) is 3.48. The molecule has 1 aliphatic rings. The summed E-state index contributed by atoms with van der Waals surface area (Å²) in [7, 11) is 0. The van der Waals surface area contributed by atoms with Crippen molar-refractivity contribution in [3.63, 3.8) is 0 Å². The number of imidazole rings is 1. The molecule has 0 saturated carbocycles. The molecule has 1 aliphatic heterocycles. The van der Waals surface area contributed by atoms with Crippen LogP contribution in [0.15, 0.2) is 24.4 Å². The van der Waals surface area contributed by atoms with Crippen molar-refractivity contribution in [1.82, 2.24) is 14.7 Å². The Balaban J connectivity index is 1.83. The van der Waals surface area contributed by atoms with E-state index in [0.717, 1.165) is 18.7 Å². The number of piperidine rings is 1. The van der Waals surface area contributed by atoms with Crippen LogP contribution in [0.1, 0.15) is 25.0 Å². The van der Waals surface area contributed by atoms with E-state index in [0.29, 0.717) is 11.7 Å². The van der Waals surface area contributed by atoms with Gasteiger partial charge in [0.05, 0.1) is 5.69 Å². The number of nitrogens with one attached hydrogen (secondary N) is 1. The van der Waals surface area contributed by atoms with Crippen LogP contribution in [-0.4, -0.2) is 22.0 Å². The van der Waals surface area contributed by atoms with Gasteiger partial charge in [-0.1, -0.05) is 12.5 Å². The van der Waals surface area contributed by atoms with E-state index in [9.17, 15) is 4.39 Å². The van der Waals surface area contributed by atoms with Crippen LogP contribution in [0.4, 0.5) is 4.39 Å². The van der Waals surface area contributed by atoms with Gasteiger partial charge in [-0.3, -0.25) is 4.40 Å². The van der Waals surface area contributed by atoms with Crippen LogP contribution in [0.3, 0.4) is 0 Å². The second-order valence-corrected chi connectivity index (χ2v) is 4.66. The molecule has 1 fully saturated rings. The zero-order valence-electron chi connectivity index (χ0n) is 9.69. The minimum Gasteiger partial charge on any atom is -0.314 e. The molecule has 0 aliphatic carbocycles. The minimum absolute atomic E-state index is 0.252. The van der Waals surface area contributed by atoms with Gasteiger partial charge in [-0.15, -0.1) is 0 Å². The number of rotatable bonds is 2. The molecule has 0 bridgehead atoms. The number of nitrogens with zero attached hydrogens (tertiary/aromatic N) is 2. The summed E-state index contributed by atoms with van der Waals surface area (Å²) >= 11 is 0. The lowest BCUT2D eigenvalue weighted by molar-refractivity contribution is 0.397. The molecule has 4 heteroatoms. The van der Waals surface area contributed by atoms with Crippen molar-refractivity contribution in [2.45, 2.75) is 31.7 Å². The van der Waals surface area contributed by atoms with Crippen molar-refractivity contribution >= 4 is 5.65 Å². The number of pyridine rings is 1. The summed E-state index contributed by atoms with van der Waals surface area (Å²) in [6.45, 7) is 1.09. The van der Waals surface area contributed by atoms with Gasteiger partial charge in [0.2, 0.25) is 0 Å². The first-order valence-corrected chi connectivity index (χ1v) is 6.19. The van der Waals surface area contributed by atoms with Gasteiger partial charge in [0.15, 0.2) is 5.95 Å². The smallest absolute Gasteiger partial charge is 0.199 e. The predicted octanol–water partition coefficient (Wildman–Crippen LogP) is 2.16. The molecule has 3 heterocycles. The first kappa shape index (κ1) is 10.7. The maximum absolute atomic E-state index is 13.5. The lowest BCUT2D eigenvalue weighted by Gasteiger charge is -2.22. The normalized spacial score (nSPS) is 20.9. The molecule has 0 amide bonds. The van der Waals surface area contributed by atoms with Gasteiger partial charge in [-0.2, -0.15) is 4.39 Å². The first-order chi connectivity index (χ1) is 8.33. The monoisotopic (exact) mass is 233 g/mol. The second-order valence-electron chi connectivity index (χ2n) is 4.66. The molecule has 0 unspecified atom stereocenters. The van der Waals surface area contributed by atoms with E-state index < -0.39 is 0 Å². The largest absolute Gasteiger partial charge is 0.314 e. The highest BCUT2D eigenvalue weighted by molar-refractivity contribution is 5.39. The zero-order valence-corrected chi connectivity index (χ0v) is 9.69. The van der Waals surface area contributed by atoms with Crippen molar-refractivity contribution in [2.24, 2.45) is 0 Å². The Bertz CT molecular complexity index is 514. The Morgan fingerprint density at radius 3 is 3.12 bits per heavy atom. The molecule has 90 valence electrons. The Hall–Kier alpha value is -1.42. The molecule has 0 spiro atoms. The number of hydrogen-bond donors (Lipinski definition) is 1. The van der Waals surface area contributed by atoms with Gasteiger partial charge in [-0.25, -0.2) is 4.98 Å². The molecule has 1 N–H and O–H groups in total. The molecule has 0 radical (unpaired) electrons. The van der Waals surface area contributed by atoms with E-state index in [1.54, 1.807) is 12.3 Å². The summed E-state index contributed by atoms with van der Waals surface area (Å²) in [4.78, 5) is 4.45. The summed E-state index contributed by atoms with van der Waals surface area (Å²) in [5.74, 6) is -0.252. The molecule has 3 nitrogen and oxygen atoms in total. The highest BCUT2D eigenvalue weighted by Gasteiger charge is 2.15. The van der Waals surface area contributed by atoms with Crippen molar-refractivity contribution in [3.05, 3.63) is 36.0 Å². The van der Waals surface area contributed by atoms with Crippen molar-refractivity contribution in [3.8, 4) is 0 Å². The van der Waals surface area contributed by atoms with E-state index in [-0.39, 0.29) is 5.95 Å². The maximum atomic E-state index is 13.5. The van der Waals surface area contributed by atoms with E-state index in [1.165, 1.54) is 29.7 Å². The van der Waals surface area contributed by atoms with Gasteiger partial charge in [0.1, 0.15) is 5.65 Å². The zero-order chi connectivity index (χ0) is 11.7. The fourth-order valence-electron chi connectivity index (χ4n) is 2.48. The molecule has 1 atom stereocenters. The topological polar surface area (TPSA) is 29.3 Å². The average molecular weight is 233 g/mol.